The molecule has 0 bridgehead atoms. The summed E-state index contributed by atoms with van der Waals surface area (Å²) in [6, 6.07) is 9.38. The summed E-state index contributed by atoms with van der Waals surface area (Å²) in [4.78, 5) is 2.51. The minimum atomic E-state index is 0. The molecule has 0 saturated carbocycles. The number of nitriles is 1. The molecule has 0 aromatic heterocycles. The maximum atomic E-state index is 8.88. The first kappa shape index (κ1) is 19.4. The third-order valence-electron chi connectivity index (χ3n) is 4.35. The Balaban J connectivity index is 0.00000264. The van der Waals surface area contributed by atoms with Gasteiger partial charge < -0.3 is 20.2 Å². The Hall–Kier alpha value is -1.61. The first-order valence-electron chi connectivity index (χ1n) is 8.28. The summed E-state index contributed by atoms with van der Waals surface area (Å²) in [5, 5.41) is 17.6. The van der Waals surface area contributed by atoms with E-state index in [1.807, 2.05) is 12.1 Å². The van der Waals surface area contributed by atoms with Crippen LogP contribution in [0.4, 0.5) is 0 Å². The monoisotopic (exact) mass is 320 g/mol. The van der Waals surface area contributed by atoms with E-state index in [1.54, 1.807) is 12.1 Å². The quantitative estimate of drug-likeness (QED) is 0.742. The van der Waals surface area contributed by atoms with Crippen LogP contribution in [0.1, 0.15) is 37.7 Å². The van der Waals surface area contributed by atoms with E-state index < -0.39 is 0 Å². The van der Waals surface area contributed by atoms with E-state index in [2.05, 4.69) is 11.0 Å². The van der Waals surface area contributed by atoms with Crippen molar-refractivity contribution in [2.45, 2.75) is 32.1 Å². The van der Waals surface area contributed by atoms with Gasteiger partial charge in [0.25, 0.3) is 0 Å². The third kappa shape index (κ3) is 7.00. The molecule has 0 radical (unpaired) electrons. The van der Waals surface area contributed by atoms with Crippen molar-refractivity contribution in [2.75, 3.05) is 32.8 Å². The number of hydrogen-bond acceptors (Lipinski definition) is 4. The fraction of sp³-hybridized carbons (Fsp3) is 0.611. The van der Waals surface area contributed by atoms with E-state index >= 15 is 0 Å². The highest BCUT2D eigenvalue weighted by Gasteiger charge is 2.18. The van der Waals surface area contributed by atoms with Gasteiger partial charge in [-0.05, 0) is 75.4 Å². The molecule has 1 aliphatic rings. The molecule has 1 aliphatic heterocycles. The van der Waals surface area contributed by atoms with Gasteiger partial charge in [0.15, 0.2) is 0 Å². The Morgan fingerprint density at radius 2 is 1.87 bits per heavy atom. The van der Waals surface area contributed by atoms with Gasteiger partial charge >= 0.3 is 0 Å². The van der Waals surface area contributed by atoms with Crippen LogP contribution < -0.4 is 4.74 Å². The van der Waals surface area contributed by atoms with Crippen molar-refractivity contribution in [1.82, 2.24) is 4.90 Å². The van der Waals surface area contributed by atoms with E-state index in [-0.39, 0.29) is 5.48 Å². The number of piperidine rings is 1. The van der Waals surface area contributed by atoms with Crippen molar-refractivity contribution in [3.05, 3.63) is 29.8 Å². The lowest BCUT2D eigenvalue weighted by Gasteiger charge is -2.31. The summed E-state index contributed by atoms with van der Waals surface area (Å²) in [7, 11) is 0. The number of ether oxygens (including phenoxy) is 1. The van der Waals surface area contributed by atoms with E-state index in [9.17, 15) is 0 Å². The van der Waals surface area contributed by atoms with Gasteiger partial charge in [0.05, 0.1) is 18.2 Å². The van der Waals surface area contributed by atoms with Crippen molar-refractivity contribution in [1.29, 1.82) is 5.26 Å². The van der Waals surface area contributed by atoms with Crippen molar-refractivity contribution in [2.24, 2.45) is 5.92 Å². The van der Waals surface area contributed by atoms with Gasteiger partial charge in [-0.15, -0.1) is 0 Å². The highest BCUT2D eigenvalue weighted by atomic mass is 16.5. The lowest BCUT2D eigenvalue weighted by Crippen LogP contribution is -2.35. The van der Waals surface area contributed by atoms with Crippen LogP contribution in [-0.4, -0.2) is 48.3 Å². The minimum absolute atomic E-state index is 0. The summed E-state index contributed by atoms with van der Waals surface area (Å²) < 4.78 is 5.71. The summed E-state index contributed by atoms with van der Waals surface area (Å²) in [6.07, 6.45) is 5.67. The molecule has 0 spiro atoms. The van der Waals surface area contributed by atoms with Crippen molar-refractivity contribution in [3.63, 3.8) is 0 Å². The Bertz CT molecular complexity index is 462. The molecule has 1 aromatic carbocycles. The normalized spacial score (nSPS) is 15.7. The number of aliphatic hydroxyl groups excluding tert-OH is 1. The highest BCUT2D eigenvalue weighted by molar-refractivity contribution is 5.34. The van der Waals surface area contributed by atoms with Gasteiger partial charge in [-0.25, -0.2) is 0 Å². The second kappa shape index (κ2) is 11.0. The molecule has 1 fully saturated rings. The Labute approximate surface area is 138 Å². The second-order valence-electron chi connectivity index (χ2n) is 5.99. The average molecular weight is 320 g/mol. The molecule has 1 aromatic rings. The zero-order valence-corrected chi connectivity index (χ0v) is 13.7. The van der Waals surface area contributed by atoms with Gasteiger partial charge in [-0.1, -0.05) is 0 Å². The predicted molar refractivity (Wildman–Crippen MR) is 90.4 cm³/mol. The summed E-state index contributed by atoms with van der Waals surface area (Å²) in [5.41, 5.74) is 0.663. The van der Waals surface area contributed by atoms with Crippen molar-refractivity contribution < 1.29 is 15.3 Å². The largest absolute Gasteiger partial charge is 0.494 e. The maximum Gasteiger partial charge on any atom is 0.119 e. The minimum Gasteiger partial charge on any atom is -0.494 e. The second-order valence-corrected chi connectivity index (χ2v) is 5.99. The number of benzene rings is 1. The van der Waals surface area contributed by atoms with Crippen LogP contribution in [0.3, 0.4) is 0 Å². The zero-order chi connectivity index (χ0) is 15.6. The molecule has 2 rings (SSSR count). The van der Waals surface area contributed by atoms with Crippen LogP contribution >= 0.6 is 0 Å². The molecule has 1 saturated heterocycles. The van der Waals surface area contributed by atoms with Gasteiger partial charge in [-0.3, -0.25) is 0 Å². The molecule has 1 heterocycles. The summed E-state index contributed by atoms with van der Waals surface area (Å²) in [6.45, 7) is 4.48. The standard InChI is InChI=1S/C18H26N2O2.H2O/c19-15-17-4-6-18(7-5-17)22-14-2-10-20-11-8-16(9-12-20)3-1-13-21;/h4-7,16,21H,1-3,8-14H2;1H2. The van der Waals surface area contributed by atoms with Crippen LogP contribution in [0.25, 0.3) is 0 Å². The van der Waals surface area contributed by atoms with Crippen LogP contribution in [0.15, 0.2) is 24.3 Å². The lowest BCUT2D eigenvalue weighted by molar-refractivity contribution is 0.160. The van der Waals surface area contributed by atoms with E-state index in [1.165, 1.54) is 32.4 Å². The number of hydrogen-bond donors (Lipinski definition) is 1. The van der Waals surface area contributed by atoms with E-state index in [0.29, 0.717) is 12.2 Å². The molecule has 5 nitrogen and oxygen atoms in total. The highest BCUT2D eigenvalue weighted by Crippen LogP contribution is 2.21. The zero-order valence-electron chi connectivity index (χ0n) is 13.7. The smallest absolute Gasteiger partial charge is 0.119 e. The predicted octanol–water partition coefficient (Wildman–Crippen LogP) is 1.99. The van der Waals surface area contributed by atoms with Gasteiger partial charge in [0, 0.05) is 13.2 Å². The van der Waals surface area contributed by atoms with Gasteiger partial charge in [0.2, 0.25) is 0 Å². The Kier molecular flexibility index (Phi) is 9.30. The molecule has 0 aliphatic carbocycles. The van der Waals surface area contributed by atoms with Crippen LogP contribution in [0.5, 0.6) is 5.75 Å². The number of nitrogens with zero attached hydrogens (tertiary/aromatic N) is 2. The SMILES string of the molecule is N#Cc1ccc(OCCCN2CCC(CCCO)CC2)cc1.O. The average Bonchev–Trinajstić information content (AvgIpc) is 2.58. The number of aliphatic hydroxyl groups is 1. The Morgan fingerprint density at radius 3 is 2.48 bits per heavy atom. The Morgan fingerprint density at radius 1 is 1.17 bits per heavy atom. The molecular formula is C18H28N2O3. The maximum absolute atomic E-state index is 8.88. The topological polar surface area (TPSA) is 88.0 Å². The fourth-order valence-corrected chi connectivity index (χ4v) is 2.98. The van der Waals surface area contributed by atoms with Gasteiger partial charge in [-0.2, -0.15) is 5.26 Å². The molecule has 0 atom stereocenters. The van der Waals surface area contributed by atoms with Crippen LogP contribution in [0.2, 0.25) is 0 Å². The lowest BCUT2D eigenvalue weighted by atomic mass is 9.92. The molecule has 0 amide bonds. The number of likely N-dealkylation sites (tertiary alicyclic amines) is 1. The first-order valence-corrected chi connectivity index (χ1v) is 8.28. The van der Waals surface area contributed by atoms with Crippen molar-refractivity contribution in [3.8, 4) is 11.8 Å². The molecule has 5 heteroatoms. The third-order valence-corrected chi connectivity index (χ3v) is 4.35. The molecule has 3 N–H and O–H groups in total. The van der Waals surface area contributed by atoms with Gasteiger partial charge in [0.1, 0.15) is 5.75 Å². The van der Waals surface area contributed by atoms with E-state index in [4.69, 9.17) is 15.1 Å². The van der Waals surface area contributed by atoms with E-state index in [0.717, 1.165) is 37.7 Å². The summed E-state index contributed by atoms with van der Waals surface area (Å²) >= 11 is 0. The molecule has 128 valence electrons. The van der Waals surface area contributed by atoms with Crippen LogP contribution in [0, 0.1) is 17.2 Å². The van der Waals surface area contributed by atoms with Crippen molar-refractivity contribution >= 4 is 0 Å². The summed E-state index contributed by atoms with van der Waals surface area (Å²) in [5.74, 6) is 1.64. The molecule has 23 heavy (non-hydrogen) atoms. The molecule has 0 unspecified atom stereocenters. The van der Waals surface area contributed by atoms with Crippen LogP contribution in [-0.2, 0) is 0 Å². The first-order chi connectivity index (χ1) is 10.8. The fourth-order valence-electron chi connectivity index (χ4n) is 2.98. The molecular weight excluding hydrogens is 292 g/mol. The number of rotatable bonds is 8.